The molecule has 1 rings (SSSR count). The van der Waals surface area contributed by atoms with E-state index in [-0.39, 0.29) is 19.2 Å². The summed E-state index contributed by atoms with van der Waals surface area (Å²) < 4.78 is 15.0. The van der Waals surface area contributed by atoms with Gasteiger partial charge in [0.2, 0.25) is 0 Å². The molecule has 1 heterocycles. The third-order valence-electron chi connectivity index (χ3n) is 6.17. The Bertz CT molecular complexity index is 505. The molecule has 5 N–H and O–H groups in total. The van der Waals surface area contributed by atoms with Crippen LogP contribution >= 0.6 is 0 Å². The Hall–Kier alpha value is -0.810. The highest BCUT2D eigenvalue weighted by Crippen LogP contribution is 2.21. The Balaban J connectivity index is 1.93. The average Bonchev–Trinajstić information content (AvgIpc) is 2.83. The van der Waals surface area contributed by atoms with Crippen molar-refractivity contribution in [2.75, 3.05) is 13.2 Å². The number of hydrogen-bond acceptors (Lipinski definition) is 9. The average molecular weight is 493 g/mol. The van der Waals surface area contributed by atoms with Crippen LogP contribution in [0.1, 0.15) is 103 Å². The number of esters is 1. The van der Waals surface area contributed by atoms with E-state index >= 15 is 0 Å². The summed E-state index contributed by atoms with van der Waals surface area (Å²) in [5.74, 6) is -0.388. The number of unbranched alkanes of at least 4 members (excludes halogenated alkanes) is 13. The molecule has 202 valence electrons. The molecule has 34 heavy (non-hydrogen) atoms. The second kappa shape index (κ2) is 19.4. The maximum absolute atomic E-state index is 11.8. The molecule has 0 radical (unpaired) electrons. The van der Waals surface area contributed by atoms with E-state index in [0.29, 0.717) is 6.42 Å². The highest BCUT2D eigenvalue weighted by Gasteiger charge is 2.43. The smallest absolute Gasteiger partial charge is 0.305 e. The van der Waals surface area contributed by atoms with Crippen LogP contribution < -0.4 is 0 Å². The van der Waals surface area contributed by atoms with Gasteiger partial charge in [0.25, 0.3) is 0 Å². The minimum atomic E-state index is -1.72. The highest BCUT2D eigenvalue weighted by molar-refractivity contribution is 5.69. The van der Waals surface area contributed by atoms with Crippen molar-refractivity contribution < 1.29 is 44.5 Å². The van der Waals surface area contributed by atoms with Gasteiger partial charge in [0.15, 0.2) is 12.6 Å². The fourth-order valence-electron chi connectivity index (χ4n) is 3.95. The van der Waals surface area contributed by atoms with Crippen LogP contribution in [0.5, 0.6) is 0 Å². The van der Waals surface area contributed by atoms with Crippen molar-refractivity contribution in [1.29, 1.82) is 0 Å². The fraction of sp³-hybridized carbons (Fsp3) is 0.960. The van der Waals surface area contributed by atoms with E-state index in [2.05, 4.69) is 6.92 Å². The summed E-state index contributed by atoms with van der Waals surface area (Å²) in [7, 11) is 0. The Morgan fingerprint density at radius 3 is 1.76 bits per heavy atom. The molecule has 1 saturated heterocycles. The molecule has 1 aliphatic heterocycles. The van der Waals surface area contributed by atoms with Gasteiger partial charge in [-0.2, -0.15) is 0 Å². The molecule has 0 aromatic rings. The Morgan fingerprint density at radius 1 is 0.735 bits per heavy atom. The van der Waals surface area contributed by atoms with E-state index in [1.54, 1.807) is 0 Å². The van der Waals surface area contributed by atoms with Gasteiger partial charge < -0.3 is 39.7 Å². The van der Waals surface area contributed by atoms with Crippen molar-refractivity contribution in [3.05, 3.63) is 0 Å². The van der Waals surface area contributed by atoms with Crippen LogP contribution in [0.15, 0.2) is 0 Å². The van der Waals surface area contributed by atoms with Gasteiger partial charge in [-0.05, 0) is 6.42 Å². The van der Waals surface area contributed by atoms with Gasteiger partial charge in [-0.3, -0.25) is 4.79 Å². The first-order chi connectivity index (χ1) is 16.4. The Morgan fingerprint density at radius 2 is 1.24 bits per heavy atom. The topological polar surface area (TPSA) is 146 Å². The largest absolute Gasteiger partial charge is 0.463 e. The van der Waals surface area contributed by atoms with Crippen molar-refractivity contribution in [2.45, 2.75) is 140 Å². The number of aliphatic hydroxyl groups is 5. The summed E-state index contributed by atoms with van der Waals surface area (Å²) in [5.41, 5.74) is 0. The fourth-order valence-corrected chi connectivity index (χ4v) is 3.95. The van der Waals surface area contributed by atoms with E-state index in [4.69, 9.17) is 14.2 Å². The van der Waals surface area contributed by atoms with Crippen LogP contribution in [0.3, 0.4) is 0 Å². The lowest BCUT2D eigenvalue weighted by molar-refractivity contribution is -0.342. The van der Waals surface area contributed by atoms with Crippen molar-refractivity contribution in [1.82, 2.24) is 0 Å². The molecule has 0 amide bonds. The first-order valence-corrected chi connectivity index (χ1v) is 13.2. The number of hydrogen-bond donors (Lipinski definition) is 5. The molecule has 0 aliphatic carbocycles. The Kier molecular flexibility index (Phi) is 17.8. The number of rotatable bonds is 20. The second-order valence-electron chi connectivity index (χ2n) is 9.38. The minimum Gasteiger partial charge on any atom is -0.463 e. The zero-order valence-corrected chi connectivity index (χ0v) is 20.9. The molecule has 0 aromatic carbocycles. The van der Waals surface area contributed by atoms with Crippen LogP contribution in [0.25, 0.3) is 0 Å². The van der Waals surface area contributed by atoms with Gasteiger partial charge in [0.05, 0.1) is 6.61 Å². The van der Waals surface area contributed by atoms with Gasteiger partial charge >= 0.3 is 5.97 Å². The number of carbonyl (C=O) groups is 1. The van der Waals surface area contributed by atoms with Gasteiger partial charge in [-0.1, -0.05) is 90.4 Å². The SMILES string of the molecule is CCCCCCCCCCCCCCCCC(=O)OCC(O)COC1OC(O)C(O)C(O)C1O. The summed E-state index contributed by atoms with van der Waals surface area (Å²) in [6.07, 6.45) is 8.50. The van der Waals surface area contributed by atoms with Crippen LogP contribution in [-0.2, 0) is 19.0 Å². The molecule has 0 bridgehead atoms. The van der Waals surface area contributed by atoms with Gasteiger partial charge in [0, 0.05) is 6.42 Å². The molecule has 9 nitrogen and oxygen atoms in total. The summed E-state index contributed by atoms with van der Waals surface area (Å²) >= 11 is 0. The van der Waals surface area contributed by atoms with E-state index in [0.717, 1.165) is 19.3 Å². The summed E-state index contributed by atoms with van der Waals surface area (Å²) in [6.45, 7) is 1.63. The quantitative estimate of drug-likeness (QED) is 0.128. The number of carbonyl (C=O) groups excluding carboxylic acids is 1. The summed E-state index contributed by atoms with van der Waals surface area (Å²) in [4.78, 5) is 11.8. The van der Waals surface area contributed by atoms with Crippen molar-refractivity contribution in [2.24, 2.45) is 0 Å². The summed E-state index contributed by atoms with van der Waals surface area (Å²) in [5, 5.41) is 48.1. The molecule has 0 aromatic heterocycles. The van der Waals surface area contributed by atoms with Gasteiger partial charge in [-0.25, -0.2) is 0 Å². The maximum atomic E-state index is 11.8. The molecule has 9 heteroatoms. The number of aliphatic hydroxyl groups excluding tert-OH is 5. The van der Waals surface area contributed by atoms with E-state index in [1.807, 2.05) is 0 Å². The van der Waals surface area contributed by atoms with E-state index in [9.17, 15) is 30.3 Å². The maximum Gasteiger partial charge on any atom is 0.305 e. The van der Waals surface area contributed by atoms with Gasteiger partial charge in [0.1, 0.15) is 31.0 Å². The molecular weight excluding hydrogens is 444 g/mol. The first kappa shape index (κ1) is 31.2. The molecule has 0 saturated carbocycles. The van der Waals surface area contributed by atoms with Crippen LogP contribution in [-0.4, -0.2) is 81.7 Å². The molecule has 1 fully saturated rings. The van der Waals surface area contributed by atoms with Crippen LogP contribution in [0.4, 0.5) is 0 Å². The van der Waals surface area contributed by atoms with Crippen LogP contribution in [0.2, 0.25) is 0 Å². The number of ether oxygens (including phenoxy) is 3. The van der Waals surface area contributed by atoms with Crippen molar-refractivity contribution in [3.8, 4) is 0 Å². The predicted molar refractivity (Wildman–Crippen MR) is 127 cm³/mol. The van der Waals surface area contributed by atoms with Crippen molar-refractivity contribution in [3.63, 3.8) is 0 Å². The van der Waals surface area contributed by atoms with E-state index < -0.39 is 37.0 Å². The van der Waals surface area contributed by atoms with Gasteiger partial charge in [-0.15, -0.1) is 0 Å². The van der Waals surface area contributed by atoms with Crippen molar-refractivity contribution >= 4 is 5.97 Å². The zero-order chi connectivity index (χ0) is 25.2. The third kappa shape index (κ3) is 13.9. The van der Waals surface area contributed by atoms with Crippen LogP contribution in [0, 0.1) is 0 Å². The zero-order valence-electron chi connectivity index (χ0n) is 20.9. The summed E-state index contributed by atoms with van der Waals surface area (Å²) in [6, 6.07) is 0. The molecule has 0 spiro atoms. The Labute approximate surface area is 204 Å². The standard InChI is InChI=1S/C25H48O9/c1-2-3-4-5-6-7-8-9-10-11-12-13-14-15-16-20(27)32-17-19(26)18-33-25-23(30)21(28)22(29)24(31)34-25/h19,21-26,28-31H,2-18H2,1H3. The normalized spacial score (nSPS) is 25.9. The molecule has 1 aliphatic rings. The molecule has 6 unspecified atom stereocenters. The predicted octanol–water partition coefficient (Wildman–Crippen LogP) is 2.54. The lowest BCUT2D eigenvalue weighted by Gasteiger charge is -2.38. The molecular formula is C25H48O9. The minimum absolute atomic E-state index is 0.270. The third-order valence-corrected chi connectivity index (χ3v) is 6.17. The lowest BCUT2D eigenvalue weighted by Crippen LogP contribution is -2.58. The second-order valence-corrected chi connectivity index (χ2v) is 9.38. The molecule has 6 atom stereocenters. The first-order valence-electron chi connectivity index (χ1n) is 13.2. The highest BCUT2D eigenvalue weighted by atomic mass is 16.7. The monoisotopic (exact) mass is 492 g/mol. The lowest BCUT2D eigenvalue weighted by atomic mass is 10.0. The van der Waals surface area contributed by atoms with E-state index in [1.165, 1.54) is 70.6 Å².